The number of aliphatic hydroxyl groups is 1. The van der Waals surface area contributed by atoms with Crippen molar-refractivity contribution in [2.75, 3.05) is 26.2 Å². The van der Waals surface area contributed by atoms with E-state index in [0.717, 1.165) is 18.7 Å². The molecule has 0 aromatic heterocycles. The van der Waals surface area contributed by atoms with Gasteiger partial charge in [-0.15, -0.1) is 0 Å². The zero-order valence-corrected chi connectivity index (χ0v) is 12.9. The number of primary amides is 1. The molecule has 3 rings (SSSR count). The summed E-state index contributed by atoms with van der Waals surface area (Å²) < 4.78 is 0. The zero-order valence-electron chi connectivity index (χ0n) is 12.9. The first kappa shape index (κ1) is 15.7. The van der Waals surface area contributed by atoms with Gasteiger partial charge in [-0.3, -0.25) is 9.69 Å². The molecule has 1 atom stereocenters. The number of carbonyl (C=O) groups is 1. The standard InChI is InChI=1S/C18H21N3O2/c19-17(22)15-8-4-5-9-16(15)18(23,14-6-2-1-3-7-14)21-12-10-20-11-13-21/h1-9,20,23H,10-13H2,(H2,19,22). The highest BCUT2D eigenvalue weighted by atomic mass is 16.3. The summed E-state index contributed by atoms with van der Waals surface area (Å²) >= 11 is 0. The Morgan fingerprint density at radius 2 is 1.65 bits per heavy atom. The van der Waals surface area contributed by atoms with Crippen LogP contribution < -0.4 is 11.1 Å². The van der Waals surface area contributed by atoms with Crippen molar-refractivity contribution >= 4 is 5.91 Å². The van der Waals surface area contributed by atoms with Crippen LogP contribution in [0.15, 0.2) is 54.6 Å². The van der Waals surface area contributed by atoms with E-state index in [1.165, 1.54) is 0 Å². The molecule has 1 unspecified atom stereocenters. The predicted molar refractivity (Wildman–Crippen MR) is 88.8 cm³/mol. The largest absolute Gasteiger partial charge is 0.367 e. The average Bonchev–Trinajstić information content (AvgIpc) is 2.62. The lowest BCUT2D eigenvalue weighted by molar-refractivity contribution is -0.0863. The first-order valence-electron chi connectivity index (χ1n) is 7.77. The van der Waals surface area contributed by atoms with Crippen molar-refractivity contribution in [3.63, 3.8) is 0 Å². The lowest BCUT2D eigenvalue weighted by atomic mass is 9.88. The molecule has 1 aliphatic rings. The minimum Gasteiger partial charge on any atom is -0.367 e. The number of nitrogens with two attached hydrogens (primary N) is 1. The third-order valence-electron chi connectivity index (χ3n) is 4.32. The fraction of sp³-hybridized carbons (Fsp3) is 0.278. The second-order valence-electron chi connectivity index (χ2n) is 5.69. The van der Waals surface area contributed by atoms with Gasteiger partial charge in [-0.1, -0.05) is 48.5 Å². The Hall–Kier alpha value is -2.21. The molecule has 1 amide bonds. The maximum Gasteiger partial charge on any atom is 0.249 e. The maximum absolute atomic E-state index is 11.9. The molecular weight excluding hydrogens is 290 g/mol. The van der Waals surface area contributed by atoms with Gasteiger partial charge in [-0.05, 0) is 6.07 Å². The predicted octanol–water partition coefficient (Wildman–Crippen LogP) is 0.884. The normalized spacial score (nSPS) is 18.3. The number of piperazine rings is 1. The zero-order chi connectivity index (χ0) is 16.3. The molecule has 5 heteroatoms. The number of amides is 1. The molecule has 0 radical (unpaired) electrons. The summed E-state index contributed by atoms with van der Waals surface area (Å²) in [6.07, 6.45) is 0. The van der Waals surface area contributed by atoms with Crippen molar-refractivity contribution in [2.45, 2.75) is 5.72 Å². The Labute approximate surface area is 135 Å². The molecule has 1 heterocycles. The van der Waals surface area contributed by atoms with Gasteiger partial charge in [-0.2, -0.15) is 0 Å². The molecule has 4 N–H and O–H groups in total. The van der Waals surface area contributed by atoms with Crippen LogP contribution in [0.3, 0.4) is 0 Å². The number of rotatable bonds is 4. The highest BCUT2D eigenvalue weighted by molar-refractivity contribution is 5.94. The summed E-state index contributed by atoms with van der Waals surface area (Å²) in [6.45, 7) is 2.93. The Kier molecular flexibility index (Phi) is 4.43. The minimum atomic E-state index is -1.38. The van der Waals surface area contributed by atoms with Gasteiger partial charge in [0, 0.05) is 42.9 Å². The van der Waals surface area contributed by atoms with Gasteiger partial charge < -0.3 is 16.2 Å². The van der Waals surface area contributed by atoms with Gasteiger partial charge in [0.2, 0.25) is 5.91 Å². The molecule has 2 aromatic rings. The molecule has 2 aromatic carbocycles. The summed E-state index contributed by atoms with van der Waals surface area (Å²) in [5, 5.41) is 15.0. The number of hydrogen-bond acceptors (Lipinski definition) is 4. The summed E-state index contributed by atoms with van der Waals surface area (Å²) in [7, 11) is 0. The highest BCUT2D eigenvalue weighted by Gasteiger charge is 2.40. The Bertz CT molecular complexity index is 684. The summed E-state index contributed by atoms with van der Waals surface area (Å²) in [6, 6.07) is 16.4. The van der Waals surface area contributed by atoms with E-state index in [1.807, 2.05) is 41.3 Å². The molecule has 0 spiro atoms. The number of nitrogens with zero attached hydrogens (tertiary/aromatic N) is 1. The molecule has 1 fully saturated rings. The highest BCUT2D eigenvalue weighted by Crippen LogP contribution is 2.35. The van der Waals surface area contributed by atoms with Gasteiger partial charge in [0.25, 0.3) is 0 Å². The van der Waals surface area contributed by atoms with Crippen LogP contribution in [0, 0.1) is 0 Å². The van der Waals surface area contributed by atoms with Crippen LogP contribution in [-0.4, -0.2) is 42.1 Å². The van der Waals surface area contributed by atoms with Crippen molar-refractivity contribution in [1.82, 2.24) is 10.2 Å². The molecular formula is C18H21N3O2. The molecule has 0 saturated carbocycles. The molecule has 1 saturated heterocycles. The second-order valence-corrected chi connectivity index (χ2v) is 5.69. The van der Waals surface area contributed by atoms with E-state index in [2.05, 4.69) is 5.32 Å². The van der Waals surface area contributed by atoms with E-state index in [1.54, 1.807) is 18.2 Å². The van der Waals surface area contributed by atoms with Crippen molar-refractivity contribution in [3.8, 4) is 0 Å². The van der Waals surface area contributed by atoms with E-state index in [-0.39, 0.29) is 0 Å². The molecule has 1 aliphatic heterocycles. The van der Waals surface area contributed by atoms with Gasteiger partial charge in [-0.25, -0.2) is 0 Å². The average molecular weight is 311 g/mol. The van der Waals surface area contributed by atoms with Crippen LogP contribution in [0.2, 0.25) is 0 Å². The quantitative estimate of drug-likeness (QED) is 0.783. The lowest BCUT2D eigenvalue weighted by Crippen LogP contribution is -2.55. The third-order valence-corrected chi connectivity index (χ3v) is 4.32. The van der Waals surface area contributed by atoms with Crippen molar-refractivity contribution in [3.05, 3.63) is 71.3 Å². The number of benzene rings is 2. The summed E-state index contributed by atoms with van der Waals surface area (Å²) in [4.78, 5) is 13.8. The van der Waals surface area contributed by atoms with Gasteiger partial charge in [0.05, 0.1) is 0 Å². The lowest BCUT2D eigenvalue weighted by Gasteiger charge is -2.43. The Morgan fingerprint density at radius 1 is 1.04 bits per heavy atom. The van der Waals surface area contributed by atoms with Gasteiger partial charge in [0.1, 0.15) is 0 Å². The fourth-order valence-corrected chi connectivity index (χ4v) is 3.17. The first-order chi connectivity index (χ1) is 11.1. The maximum atomic E-state index is 11.9. The molecule has 5 nitrogen and oxygen atoms in total. The third kappa shape index (κ3) is 2.86. The van der Waals surface area contributed by atoms with Crippen LogP contribution in [0.25, 0.3) is 0 Å². The number of hydrogen-bond donors (Lipinski definition) is 3. The number of carbonyl (C=O) groups excluding carboxylic acids is 1. The second kappa shape index (κ2) is 6.50. The molecule has 0 bridgehead atoms. The first-order valence-corrected chi connectivity index (χ1v) is 7.77. The van der Waals surface area contributed by atoms with Gasteiger partial charge in [0.15, 0.2) is 5.72 Å². The fourth-order valence-electron chi connectivity index (χ4n) is 3.17. The molecule has 120 valence electrons. The van der Waals surface area contributed by atoms with Crippen LogP contribution in [-0.2, 0) is 5.72 Å². The Balaban J connectivity index is 2.18. The number of nitrogens with one attached hydrogen (secondary N) is 1. The van der Waals surface area contributed by atoms with Gasteiger partial charge >= 0.3 is 0 Å². The van der Waals surface area contributed by atoms with Crippen molar-refractivity contribution in [1.29, 1.82) is 0 Å². The van der Waals surface area contributed by atoms with E-state index < -0.39 is 11.6 Å². The SMILES string of the molecule is NC(=O)c1ccccc1C(O)(c1ccccc1)N1CCNCC1. The van der Waals surface area contributed by atoms with Crippen molar-refractivity contribution in [2.24, 2.45) is 5.73 Å². The van der Waals surface area contributed by atoms with E-state index >= 15 is 0 Å². The van der Waals surface area contributed by atoms with Crippen LogP contribution in [0.1, 0.15) is 21.5 Å². The van der Waals surface area contributed by atoms with Crippen LogP contribution >= 0.6 is 0 Å². The van der Waals surface area contributed by atoms with E-state index in [9.17, 15) is 9.90 Å². The molecule has 0 aliphatic carbocycles. The van der Waals surface area contributed by atoms with E-state index in [4.69, 9.17) is 5.73 Å². The van der Waals surface area contributed by atoms with E-state index in [0.29, 0.717) is 24.2 Å². The summed E-state index contributed by atoms with van der Waals surface area (Å²) in [5.74, 6) is -0.537. The van der Waals surface area contributed by atoms with Crippen LogP contribution in [0.4, 0.5) is 0 Å². The van der Waals surface area contributed by atoms with Crippen molar-refractivity contribution < 1.29 is 9.90 Å². The smallest absolute Gasteiger partial charge is 0.249 e. The minimum absolute atomic E-state index is 0.345. The summed E-state index contributed by atoms with van der Waals surface area (Å²) in [5.41, 5.74) is 5.76. The van der Waals surface area contributed by atoms with Crippen LogP contribution in [0.5, 0.6) is 0 Å². The monoisotopic (exact) mass is 311 g/mol. The Morgan fingerprint density at radius 3 is 2.30 bits per heavy atom. The molecule has 23 heavy (non-hydrogen) atoms. The topological polar surface area (TPSA) is 78.6 Å².